The molecule has 2 fully saturated rings. The lowest BCUT2D eigenvalue weighted by molar-refractivity contribution is 0.154. The summed E-state index contributed by atoms with van der Waals surface area (Å²) in [7, 11) is 0. The van der Waals surface area contributed by atoms with Gasteiger partial charge in [0.2, 0.25) is 5.89 Å². The number of likely N-dealkylation sites (tertiary alicyclic amines) is 1. The molecule has 1 N–H and O–H groups in total. The maximum absolute atomic E-state index is 5.85. The number of piperidine rings is 1. The van der Waals surface area contributed by atoms with Gasteiger partial charge in [0.05, 0.1) is 10.6 Å². The van der Waals surface area contributed by atoms with Gasteiger partial charge in [0.15, 0.2) is 0 Å². The molecule has 0 aliphatic carbocycles. The van der Waals surface area contributed by atoms with E-state index < -0.39 is 0 Å². The first-order chi connectivity index (χ1) is 10.3. The number of aromatic nitrogens is 1. The largest absolute Gasteiger partial charge is 0.440 e. The summed E-state index contributed by atoms with van der Waals surface area (Å²) in [4.78, 5) is 8.37. The van der Waals surface area contributed by atoms with Crippen molar-refractivity contribution in [2.75, 3.05) is 19.6 Å². The van der Waals surface area contributed by atoms with Crippen LogP contribution in [0.5, 0.6) is 0 Å². The molecule has 0 radical (unpaired) electrons. The fraction of sp³-hybridized carbons (Fsp3) is 0.562. The van der Waals surface area contributed by atoms with E-state index in [9.17, 15) is 0 Å². The van der Waals surface area contributed by atoms with Gasteiger partial charge >= 0.3 is 0 Å². The van der Waals surface area contributed by atoms with Crippen molar-refractivity contribution in [3.05, 3.63) is 29.0 Å². The van der Waals surface area contributed by atoms with Crippen molar-refractivity contribution in [2.45, 2.75) is 32.4 Å². The van der Waals surface area contributed by atoms with Crippen LogP contribution in [0, 0.1) is 12.8 Å². The summed E-state index contributed by atoms with van der Waals surface area (Å²) < 4.78 is 5.85. The minimum absolute atomic E-state index is 0.751. The summed E-state index contributed by atoms with van der Waals surface area (Å²) in [5.74, 6) is 2.56. The molecule has 0 amide bonds. The van der Waals surface area contributed by atoms with Crippen molar-refractivity contribution in [3.63, 3.8) is 0 Å². The number of nitrogens with one attached hydrogen (secondary N) is 1. The fourth-order valence-corrected chi connectivity index (χ4v) is 4.21. The number of rotatable bonds is 3. The molecular weight excluding hydrogens is 282 g/mol. The second-order valence-corrected chi connectivity index (χ2v) is 7.08. The Morgan fingerprint density at radius 2 is 2.43 bits per heavy atom. The third-order valence-electron chi connectivity index (χ3n) is 4.74. The third-order valence-corrected chi connectivity index (χ3v) is 5.60. The molecule has 2 aromatic rings. The minimum atomic E-state index is 0.751. The lowest BCUT2D eigenvalue weighted by atomic mass is 9.93. The normalized spacial score (nSPS) is 26.1. The number of thiophene rings is 1. The molecule has 4 nitrogen and oxygen atoms in total. The first-order valence-corrected chi connectivity index (χ1v) is 8.63. The Balaban J connectivity index is 1.47. The standard InChI is InChI=1S/C16H21N3OS/c1-11-14(18-16(20-11)15-3-2-8-21-15)10-19-7-5-13-12(9-19)4-6-17-13/h2-3,8,12-13,17H,4-7,9-10H2,1H3. The molecule has 0 bridgehead atoms. The molecule has 2 aliphatic rings. The van der Waals surface area contributed by atoms with Gasteiger partial charge in [-0.25, -0.2) is 4.98 Å². The summed E-state index contributed by atoms with van der Waals surface area (Å²) in [6.07, 6.45) is 2.58. The molecule has 4 heterocycles. The van der Waals surface area contributed by atoms with Crippen LogP contribution in [0.15, 0.2) is 21.9 Å². The fourth-order valence-electron chi connectivity index (χ4n) is 3.56. The first kappa shape index (κ1) is 13.5. The van der Waals surface area contributed by atoms with E-state index in [-0.39, 0.29) is 0 Å². The van der Waals surface area contributed by atoms with E-state index in [2.05, 4.69) is 21.7 Å². The van der Waals surface area contributed by atoms with Crippen LogP contribution in [0.1, 0.15) is 24.3 Å². The highest BCUT2D eigenvalue weighted by Gasteiger charge is 2.32. The molecule has 0 saturated carbocycles. The number of hydrogen-bond acceptors (Lipinski definition) is 5. The molecule has 2 saturated heterocycles. The van der Waals surface area contributed by atoms with Gasteiger partial charge in [-0.15, -0.1) is 11.3 Å². The van der Waals surface area contributed by atoms with E-state index in [0.29, 0.717) is 0 Å². The van der Waals surface area contributed by atoms with Crippen molar-refractivity contribution >= 4 is 11.3 Å². The first-order valence-electron chi connectivity index (χ1n) is 7.75. The van der Waals surface area contributed by atoms with Crippen molar-refractivity contribution < 1.29 is 4.42 Å². The highest BCUT2D eigenvalue weighted by atomic mass is 32.1. The predicted molar refractivity (Wildman–Crippen MR) is 84.3 cm³/mol. The van der Waals surface area contributed by atoms with Crippen molar-refractivity contribution in [1.82, 2.24) is 15.2 Å². The van der Waals surface area contributed by atoms with Gasteiger partial charge in [0, 0.05) is 25.7 Å². The second-order valence-electron chi connectivity index (χ2n) is 6.13. The third kappa shape index (κ3) is 2.65. The maximum atomic E-state index is 5.85. The van der Waals surface area contributed by atoms with Crippen LogP contribution in [0.25, 0.3) is 10.8 Å². The summed E-state index contributed by atoms with van der Waals surface area (Å²) >= 11 is 1.68. The van der Waals surface area contributed by atoms with Gasteiger partial charge in [0.1, 0.15) is 5.76 Å². The molecule has 2 aromatic heterocycles. The van der Waals surface area contributed by atoms with Gasteiger partial charge < -0.3 is 9.73 Å². The highest BCUT2D eigenvalue weighted by molar-refractivity contribution is 7.13. The van der Waals surface area contributed by atoms with E-state index >= 15 is 0 Å². The smallest absolute Gasteiger partial charge is 0.236 e. The van der Waals surface area contributed by atoms with Gasteiger partial charge in [0.25, 0.3) is 0 Å². The van der Waals surface area contributed by atoms with Crippen LogP contribution in [-0.2, 0) is 6.54 Å². The van der Waals surface area contributed by atoms with Gasteiger partial charge in [-0.05, 0) is 43.7 Å². The second kappa shape index (κ2) is 5.55. The van der Waals surface area contributed by atoms with Gasteiger partial charge in [-0.1, -0.05) is 6.07 Å². The van der Waals surface area contributed by atoms with Crippen LogP contribution in [0.4, 0.5) is 0 Å². The molecule has 2 atom stereocenters. The zero-order valence-corrected chi connectivity index (χ0v) is 13.2. The van der Waals surface area contributed by atoms with Crippen LogP contribution in [0.3, 0.4) is 0 Å². The maximum Gasteiger partial charge on any atom is 0.236 e. The predicted octanol–water partition coefficient (Wildman–Crippen LogP) is 2.90. The lowest BCUT2D eigenvalue weighted by Crippen LogP contribution is -2.44. The summed E-state index contributed by atoms with van der Waals surface area (Å²) in [5.41, 5.74) is 1.10. The Hall–Kier alpha value is -1.17. The molecule has 0 aromatic carbocycles. The van der Waals surface area contributed by atoms with E-state index in [1.54, 1.807) is 11.3 Å². The molecule has 21 heavy (non-hydrogen) atoms. The number of aryl methyl sites for hydroxylation is 1. The highest BCUT2D eigenvalue weighted by Crippen LogP contribution is 2.29. The molecule has 0 spiro atoms. The Labute approximate surface area is 129 Å². The molecule has 4 rings (SSSR count). The molecule has 5 heteroatoms. The Morgan fingerprint density at radius 1 is 1.48 bits per heavy atom. The molecule has 2 unspecified atom stereocenters. The Morgan fingerprint density at radius 3 is 3.29 bits per heavy atom. The average Bonchev–Trinajstić information content (AvgIpc) is 3.20. The van der Waals surface area contributed by atoms with E-state index in [1.807, 2.05) is 13.0 Å². The number of oxazole rings is 1. The average molecular weight is 303 g/mol. The van der Waals surface area contributed by atoms with E-state index in [0.717, 1.165) is 47.3 Å². The summed E-state index contributed by atoms with van der Waals surface area (Å²) in [6.45, 7) is 6.50. The Bertz CT molecular complexity index is 607. The number of hydrogen-bond donors (Lipinski definition) is 1. The van der Waals surface area contributed by atoms with Crippen molar-refractivity contribution in [3.8, 4) is 10.8 Å². The number of nitrogens with zero attached hydrogens (tertiary/aromatic N) is 2. The van der Waals surface area contributed by atoms with Gasteiger partial charge in [-0.2, -0.15) is 0 Å². The molecule has 112 valence electrons. The summed E-state index contributed by atoms with van der Waals surface area (Å²) in [5, 5.41) is 5.68. The van der Waals surface area contributed by atoms with Crippen LogP contribution >= 0.6 is 11.3 Å². The van der Waals surface area contributed by atoms with Crippen LogP contribution in [0.2, 0.25) is 0 Å². The van der Waals surface area contributed by atoms with Crippen molar-refractivity contribution in [2.24, 2.45) is 5.92 Å². The van der Waals surface area contributed by atoms with Gasteiger partial charge in [-0.3, -0.25) is 4.90 Å². The Kier molecular flexibility index (Phi) is 3.57. The topological polar surface area (TPSA) is 41.3 Å². The lowest BCUT2D eigenvalue weighted by Gasteiger charge is -2.34. The zero-order valence-electron chi connectivity index (χ0n) is 12.3. The monoisotopic (exact) mass is 303 g/mol. The van der Waals surface area contributed by atoms with Crippen LogP contribution in [-0.4, -0.2) is 35.6 Å². The van der Waals surface area contributed by atoms with Crippen molar-refractivity contribution in [1.29, 1.82) is 0 Å². The number of fused-ring (bicyclic) bond motifs is 1. The quantitative estimate of drug-likeness (QED) is 0.946. The molecule has 2 aliphatic heterocycles. The zero-order chi connectivity index (χ0) is 14.2. The van der Waals surface area contributed by atoms with E-state index in [1.165, 1.54) is 25.9 Å². The summed E-state index contributed by atoms with van der Waals surface area (Å²) in [6, 6.07) is 4.85. The SMILES string of the molecule is Cc1oc(-c2cccs2)nc1CN1CCC2NCCC2C1. The van der Waals surface area contributed by atoms with E-state index in [4.69, 9.17) is 9.40 Å². The minimum Gasteiger partial charge on any atom is -0.440 e. The molecular formula is C16H21N3OS. The van der Waals surface area contributed by atoms with Crippen LogP contribution < -0.4 is 5.32 Å².